The molecule has 108 valence electrons. The Hall–Kier alpha value is -1.43. The van der Waals surface area contributed by atoms with Gasteiger partial charge in [0.25, 0.3) is 0 Å². The van der Waals surface area contributed by atoms with E-state index in [4.69, 9.17) is 15.2 Å². The first-order chi connectivity index (χ1) is 9.70. The molecule has 2 aliphatic heterocycles. The molecule has 0 bridgehead atoms. The molecule has 2 fully saturated rings. The Morgan fingerprint density at radius 3 is 2.30 bits per heavy atom. The van der Waals surface area contributed by atoms with Gasteiger partial charge in [0, 0.05) is 25.9 Å². The summed E-state index contributed by atoms with van der Waals surface area (Å²) in [7, 11) is 0. The van der Waals surface area contributed by atoms with Gasteiger partial charge in [0.2, 0.25) is 5.91 Å². The van der Waals surface area contributed by atoms with E-state index in [-0.39, 0.29) is 11.9 Å². The minimum absolute atomic E-state index is 0.305. The molecule has 2 saturated heterocycles. The van der Waals surface area contributed by atoms with Gasteiger partial charge in [0.05, 0.1) is 13.2 Å². The number of amides is 1. The van der Waals surface area contributed by atoms with E-state index in [0.29, 0.717) is 13.2 Å². The summed E-state index contributed by atoms with van der Waals surface area (Å²) in [5.41, 5.74) is 6.55. The number of carbonyl (C=O) groups is 1. The zero-order valence-electron chi connectivity index (χ0n) is 11.5. The minimum atomic E-state index is -0.421. The highest BCUT2D eigenvalue weighted by Crippen LogP contribution is 2.34. The Bertz CT molecular complexity index is 461. The Kier molecular flexibility index (Phi) is 3.74. The molecule has 20 heavy (non-hydrogen) atoms. The van der Waals surface area contributed by atoms with Crippen molar-refractivity contribution in [2.45, 2.75) is 24.7 Å². The van der Waals surface area contributed by atoms with Crippen LogP contribution < -0.4 is 5.73 Å². The van der Waals surface area contributed by atoms with Crippen molar-refractivity contribution in [1.29, 1.82) is 0 Å². The average molecular weight is 276 g/mol. The molecule has 1 unspecified atom stereocenters. The number of nitrogens with zero attached hydrogens (tertiary/aromatic N) is 1. The molecule has 5 heteroatoms. The third kappa shape index (κ3) is 2.57. The van der Waals surface area contributed by atoms with E-state index >= 15 is 0 Å². The van der Waals surface area contributed by atoms with Crippen LogP contribution in [0.3, 0.4) is 0 Å². The highest BCUT2D eigenvalue weighted by molar-refractivity contribution is 5.81. The van der Waals surface area contributed by atoms with Crippen LogP contribution >= 0.6 is 0 Å². The number of rotatable bonds is 3. The molecule has 0 aromatic heterocycles. The van der Waals surface area contributed by atoms with Crippen molar-refractivity contribution < 1.29 is 14.3 Å². The molecule has 0 aliphatic carbocycles. The largest absolute Gasteiger partial charge is 0.368 e. The minimum Gasteiger partial charge on any atom is -0.368 e. The number of nitrogens with two attached hydrogens (primary N) is 1. The number of ether oxygens (including phenoxy) is 2. The third-order valence-electron chi connectivity index (χ3n) is 4.12. The van der Waals surface area contributed by atoms with E-state index < -0.39 is 5.79 Å². The van der Waals surface area contributed by atoms with E-state index in [1.807, 2.05) is 30.3 Å². The van der Waals surface area contributed by atoms with Gasteiger partial charge in [-0.3, -0.25) is 9.69 Å². The summed E-state index contributed by atoms with van der Waals surface area (Å²) in [5.74, 6) is -0.726. The quantitative estimate of drug-likeness (QED) is 0.896. The summed E-state index contributed by atoms with van der Waals surface area (Å²) >= 11 is 0. The lowest BCUT2D eigenvalue weighted by Gasteiger charge is -2.40. The maximum absolute atomic E-state index is 11.8. The summed E-state index contributed by atoms with van der Waals surface area (Å²) in [6.07, 6.45) is 1.56. The van der Waals surface area contributed by atoms with Gasteiger partial charge in [-0.2, -0.15) is 0 Å². The van der Waals surface area contributed by atoms with E-state index in [1.165, 1.54) is 0 Å². The van der Waals surface area contributed by atoms with E-state index in [0.717, 1.165) is 31.5 Å². The zero-order valence-corrected chi connectivity index (χ0v) is 11.5. The third-order valence-corrected chi connectivity index (χ3v) is 4.12. The fourth-order valence-corrected chi connectivity index (χ4v) is 3.10. The average Bonchev–Trinajstić information content (AvgIpc) is 2.91. The van der Waals surface area contributed by atoms with Crippen molar-refractivity contribution in [1.82, 2.24) is 4.90 Å². The van der Waals surface area contributed by atoms with Crippen LogP contribution in [0.1, 0.15) is 24.4 Å². The second-order valence-corrected chi connectivity index (χ2v) is 5.36. The van der Waals surface area contributed by atoms with Gasteiger partial charge in [-0.25, -0.2) is 0 Å². The summed E-state index contributed by atoms with van der Waals surface area (Å²) in [5, 5.41) is 0. The number of hydrogen-bond acceptors (Lipinski definition) is 4. The van der Waals surface area contributed by atoms with Crippen LogP contribution in [-0.4, -0.2) is 42.9 Å². The molecular weight excluding hydrogens is 256 g/mol. The molecule has 0 radical (unpaired) electrons. The number of hydrogen-bond donors (Lipinski definition) is 1. The maximum atomic E-state index is 11.8. The number of primary amides is 1. The second-order valence-electron chi connectivity index (χ2n) is 5.36. The Labute approximate surface area is 118 Å². The molecule has 3 rings (SSSR count). The lowest BCUT2D eigenvalue weighted by Crippen LogP contribution is -2.48. The molecular formula is C15H20N2O3. The normalized spacial score (nSPS) is 23.8. The number of piperidine rings is 1. The van der Waals surface area contributed by atoms with Gasteiger partial charge in [0.1, 0.15) is 6.04 Å². The van der Waals surface area contributed by atoms with Gasteiger partial charge < -0.3 is 15.2 Å². The molecule has 1 spiro atoms. The van der Waals surface area contributed by atoms with Crippen molar-refractivity contribution in [2.75, 3.05) is 26.3 Å². The topological polar surface area (TPSA) is 64.8 Å². The van der Waals surface area contributed by atoms with Crippen molar-refractivity contribution in [3.63, 3.8) is 0 Å². The van der Waals surface area contributed by atoms with Crippen LogP contribution in [0.4, 0.5) is 0 Å². The molecule has 5 nitrogen and oxygen atoms in total. The van der Waals surface area contributed by atoms with Crippen molar-refractivity contribution in [3.8, 4) is 0 Å². The monoisotopic (exact) mass is 276 g/mol. The summed E-state index contributed by atoms with van der Waals surface area (Å²) < 4.78 is 11.4. The van der Waals surface area contributed by atoms with Crippen LogP contribution in [0.15, 0.2) is 30.3 Å². The molecule has 0 saturated carbocycles. The first kappa shape index (κ1) is 13.5. The molecule has 2 N–H and O–H groups in total. The van der Waals surface area contributed by atoms with Crippen LogP contribution in [-0.2, 0) is 14.3 Å². The smallest absolute Gasteiger partial charge is 0.239 e. The van der Waals surface area contributed by atoms with E-state index in [2.05, 4.69) is 4.90 Å². The summed E-state index contributed by atoms with van der Waals surface area (Å²) in [4.78, 5) is 13.9. The first-order valence-electron chi connectivity index (χ1n) is 7.06. The Morgan fingerprint density at radius 1 is 1.15 bits per heavy atom. The lowest BCUT2D eigenvalue weighted by molar-refractivity contribution is -0.188. The highest BCUT2D eigenvalue weighted by atomic mass is 16.7. The van der Waals surface area contributed by atoms with Crippen LogP contribution in [0.5, 0.6) is 0 Å². The maximum Gasteiger partial charge on any atom is 0.239 e. The van der Waals surface area contributed by atoms with Crippen molar-refractivity contribution >= 4 is 5.91 Å². The highest BCUT2D eigenvalue weighted by Gasteiger charge is 2.42. The molecule has 1 aromatic carbocycles. The Morgan fingerprint density at radius 2 is 1.75 bits per heavy atom. The van der Waals surface area contributed by atoms with Gasteiger partial charge >= 0.3 is 0 Å². The number of carbonyl (C=O) groups excluding carboxylic acids is 1. The summed E-state index contributed by atoms with van der Waals surface area (Å²) in [6, 6.07) is 9.33. The fraction of sp³-hybridized carbons (Fsp3) is 0.533. The van der Waals surface area contributed by atoms with Crippen LogP contribution in [0.25, 0.3) is 0 Å². The molecule has 1 amide bonds. The standard InChI is InChI=1S/C15H20N2O3/c16-14(18)13(12-4-2-1-3-5-12)17-8-6-15(7-9-17)19-10-11-20-15/h1-5,13H,6-11H2,(H2,16,18). The van der Waals surface area contributed by atoms with Gasteiger partial charge in [0.15, 0.2) is 5.79 Å². The van der Waals surface area contributed by atoms with Crippen LogP contribution in [0.2, 0.25) is 0 Å². The first-order valence-corrected chi connectivity index (χ1v) is 7.06. The van der Waals surface area contributed by atoms with Crippen molar-refractivity contribution in [3.05, 3.63) is 35.9 Å². The van der Waals surface area contributed by atoms with Crippen LogP contribution in [0, 0.1) is 0 Å². The Balaban J connectivity index is 1.73. The van der Waals surface area contributed by atoms with Gasteiger partial charge in [-0.1, -0.05) is 30.3 Å². The fourth-order valence-electron chi connectivity index (χ4n) is 3.10. The molecule has 1 atom stereocenters. The molecule has 1 aromatic rings. The lowest BCUT2D eigenvalue weighted by atomic mass is 9.98. The number of benzene rings is 1. The second kappa shape index (κ2) is 5.52. The number of likely N-dealkylation sites (tertiary alicyclic amines) is 1. The van der Waals surface area contributed by atoms with Crippen molar-refractivity contribution in [2.24, 2.45) is 5.73 Å². The molecule has 2 aliphatic rings. The predicted molar refractivity (Wildman–Crippen MR) is 73.8 cm³/mol. The predicted octanol–water partition coefficient (Wildman–Crippen LogP) is 1.05. The van der Waals surface area contributed by atoms with Gasteiger partial charge in [-0.15, -0.1) is 0 Å². The molecule has 2 heterocycles. The van der Waals surface area contributed by atoms with E-state index in [9.17, 15) is 4.79 Å². The van der Waals surface area contributed by atoms with Gasteiger partial charge in [-0.05, 0) is 5.56 Å². The SMILES string of the molecule is NC(=O)C(c1ccccc1)N1CCC2(CC1)OCCO2. The van der Waals surface area contributed by atoms with E-state index in [1.54, 1.807) is 0 Å². The zero-order chi connectivity index (χ0) is 14.0. The summed E-state index contributed by atoms with van der Waals surface area (Å²) in [6.45, 7) is 2.83.